The fourth-order valence-corrected chi connectivity index (χ4v) is 4.55. The Morgan fingerprint density at radius 1 is 1.37 bits per heavy atom. The summed E-state index contributed by atoms with van der Waals surface area (Å²) < 4.78 is 0. The first-order valence-corrected chi connectivity index (χ1v) is 7.97. The van der Waals surface area contributed by atoms with Crippen molar-refractivity contribution in [3.8, 4) is 0 Å². The van der Waals surface area contributed by atoms with Crippen LogP contribution in [0.5, 0.6) is 0 Å². The third-order valence-electron chi connectivity index (χ3n) is 5.40. The van der Waals surface area contributed by atoms with Crippen molar-refractivity contribution in [2.24, 2.45) is 5.92 Å². The minimum absolute atomic E-state index is 0.0342. The molecule has 0 bridgehead atoms. The molecule has 0 aromatic carbocycles. The summed E-state index contributed by atoms with van der Waals surface area (Å²) in [6.07, 6.45) is 12.9. The second-order valence-corrected chi connectivity index (χ2v) is 6.43. The third-order valence-corrected chi connectivity index (χ3v) is 5.40. The Kier molecular flexibility index (Phi) is 3.66. The van der Waals surface area contributed by atoms with Crippen molar-refractivity contribution in [2.45, 2.75) is 69.5 Å². The van der Waals surface area contributed by atoms with Crippen LogP contribution in [0.15, 0.2) is 12.7 Å². The van der Waals surface area contributed by atoms with Crippen LogP contribution in [0.4, 0.5) is 0 Å². The molecule has 1 amide bonds. The maximum absolute atomic E-state index is 12.2. The number of amides is 1. The van der Waals surface area contributed by atoms with E-state index in [2.05, 4.69) is 16.8 Å². The molecule has 106 valence electrons. The van der Waals surface area contributed by atoms with Gasteiger partial charge in [0.1, 0.15) is 0 Å². The van der Waals surface area contributed by atoms with Gasteiger partial charge in [0.25, 0.3) is 0 Å². The fraction of sp³-hybridized carbons (Fsp3) is 0.812. The highest BCUT2D eigenvalue weighted by Crippen LogP contribution is 2.47. The molecule has 3 nitrogen and oxygen atoms in total. The molecule has 1 N–H and O–H groups in total. The Bertz CT molecular complexity index is 368. The van der Waals surface area contributed by atoms with Gasteiger partial charge in [-0.25, -0.2) is 0 Å². The lowest BCUT2D eigenvalue weighted by Gasteiger charge is -2.39. The van der Waals surface area contributed by atoms with Gasteiger partial charge in [-0.15, -0.1) is 6.58 Å². The van der Waals surface area contributed by atoms with E-state index in [-0.39, 0.29) is 11.7 Å². The van der Waals surface area contributed by atoms with Gasteiger partial charge in [0, 0.05) is 6.54 Å². The molecule has 1 spiro atoms. The van der Waals surface area contributed by atoms with Crippen LogP contribution in [0, 0.1) is 5.92 Å². The lowest BCUT2D eigenvalue weighted by atomic mass is 9.90. The number of hydrogen-bond donors (Lipinski definition) is 1. The molecule has 0 radical (unpaired) electrons. The van der Waals surface area contributed by atoms with Crippen LogP contribution in [0.2, 0.25) is 0 Å². The van der Waals surface area contributed by atoms with Gasteiger partial charge in [0.2, 0.25) is 5.91 Å². The standard InChI is InChI=1S/C16H26N2O/c1-2-3-4-5-8-13-9-6-11-16(13)17-15(19)14-10-7-12-18(14)16/h2,13-14H,1,3-12H2,(H,17,19). The molecular formula is C16H26N2O. The lowest BCUT2D eigenvalue weighted by Crippen LogP contribution is -2.54. The van der Waals surface area contributed by atoms with Crippen LogP contribution in [0.25, 0.3) is 0 Å². The lowest BCUT2D eigenvalue weighted by molar-refractivity contribution is -0.121. The van der Waals surface area contributed by atoms with Crippen LogP contribution in [0.3, 0.4) is 0 Å². The predicted molar refractivity (Wildman–Crippen MR) is 76.6 cm³/mol. The fourth-order valence-electron chi connectivity index (χ4n) is 4.55. The quantitative estimate of drug-likeness (QED) is 0.610. The molecule has 2 saturated heterocycles. The number of rotatable bonds is 5. The van der Waals surface area contributed by atoms with Gasteiger partial charge in [-0.1, -0.05) is 12.5 Å². The maximum atomic E-state index is 12.2. The Hall–Kier alpha value is -0.830. The summed E-state index contributed by atoms with van der Waals surface area (Å²) in [5.41, 5.74) is 0.0342. The largest absolute Gasteiger partial charge is 0.336 e. The van der Waals surface area contributed by atoms with Crippen LogP contribution >= 0.6 is 0 Å². The number of carbonyl (C=O) groups is 1. The normalized spacial score (nSPS) is 37.8. The molecular weight excluding hydrogens is 236 g/mol. The Labute approximate surface area is 116 Å². The summed E-state index contributed by atoms with van der Waals surface area (Å²) >= 11 is 0. The van der Waals surface area contributed by atoms with Crippen LogP contribution in [-0.2, 0) is 4.79 Å². The van der Waals surface area contributed by atoms with Gasteiger partial charge < -0.3 is 5.32 Å². The van der Waals surface area contributed by atoms with E-state index in [1.807, 2.05) is 6.08 Å². The number of nitrogens with zero attached hydrogens (tertiary/aromatic N) is 1. The number of allylic oxidation sites excluding steroid dienone is 1. The first-order valence-electron chi connectivity index (χ1n) is 7.97. The van der Waals surface area contributed by atoms with E-state index >= 15 is 0 Å². The van der Waals surface area contributed by atoms with E-state index in [9.17, 15) is 4.79 Å². The zero-order chi connectivity index (χ0) is 13.3. The van der Waals surface area contributed by atoms with E-state index in [0.29, 0.717) is 11.8 Å². The monoisotopic (exact) mass is 262 g/mol. The van der Waals surface area contributed by atoms with Gasteiger partial charge in [-0.3, -0.25) is 9.69 Å². The van der Waals surface area contributed by atoms with E-state index in [1.54, 1.807) is 0 Å². The van der Waals surface area contributed by atoms with E-state index < -0.39 is 0 Å². The second-order valence-electron chi connectivity index (χ2n) is 6.43. The van der Waals surface area contributed by atoms with Crippen molar-refractivity contribution >= 4 is 5.91 Å². The summed E-state index contributed by atoms with van der Waals surface area (Å²) in [5.74, 6) is 0.972. The van der Waals surface area contributed by atoms with Crippen LogP contribution in [-0.4, -0.2) is 29.1 Å². The number of nitrogens with one attached hydrogen (secondary N) is 1. The minimum atomic E-state index is 0.0342. The van der Waals surface area contributed by atoms with E-state index in [4.69, 9.17) is 0 Å². The first-order chi connectivity index (χ1) is 9.28. The highest BCUT2D eigenvalue weighted by atomic mass is 16.2. The molecule has 3 unspecified atom stereocenters. The zero-order valence-corrected chi connectivity index (χ0v) is 11.9. The summed E-state index contributed by atoms with van der Waals surface area (Å²) in [7, 11) is 0. The molecule has 1 aliphatic carbocycles. The average Bonchev–Trinajstić information content (AvgIpc) is 3.06. The molecule has 19 heavy (non-hydrogen) atoms. The summed E-state index contributed by atoms with van der Waals surface area (Å²) in [6, 6.07) is 0.189. The van der Waals surface area contributed by atoms with Crippen LogP contribution in [0.1, 0.15) is 57.8 Å². The first kappa shape index (κ1) is 13.2. The van der Waals surface area contributed by atoms with Crippen LogP contribution < -0.4 is 5.32 Å². The summed E-state index contributed by atoms with van der Waals surface area (Å²) in [4.78, 5) is 14.7. The number of carbonyl (C=O) groups excluding carboxylic acids is 1. The SMILES string of the molecule is C=CCCCCC1CCCC12NC(=O)C1CCCN12. The molecule has 0 aromatic heterocycles. The van der Waals surface area contributed by atoms with Gasteiger partial charge in [0.15, 0.2) is 0 Å². The highest BCUT2D eigenvalue weighted by Gasteiger charge is 2.57. The topological polar surface area (TPSA) is 32.3 Å². The van der Waals surface area contributed by atoms with Crippen molar-refractivity contribution in [1.29, 1.82) is 0 Å². The smallest absolute Gasteiger partial charge is 0.238 e. The van der Waals surface area contributed by atoms with Crippen molar-refractivity contribution in [3.05, 3.63) is 12.7 Å². The van der Waals surface area contributed by atoms with E-state index in [0.717, 1.165) is 19.4 Å². The molecule has 2 heterocycles. The molecule has 3 heteroatoms. The molecule has 1 saturated carbocycles. The third kappa shape index (κ3) is 2.12. The predicted octanol–water partition coefficient (Wildman–Crippen LogP) is 2.82. The summed E-state index contributed by atoms with van der Waals surface area (Å²) in [5, 5.41) is 3.39. The van der Waals surface area contributed by atoms with Crippen molar-refractivity contribution in [1.82, 2.24) is 10.2 Å². The second kappa shape index (κ2) is 5.28. The molecule has 3 rings (SSSR count). The van der Waals surface area contributed by atoms with Gasteiger partial charge in [-0.2, -0.15) is 0 Å². The molecule has 3 atom stereocenters. The highest BCUT2D eigenvalue weighted by molar-refractivity contribution is 5.85. The number of hydrogen-bond acceptors (Lipinski definition) is 2. The Morgan fingerprint density at radius 2 is 2.26 bits per heavy atom. The van der Waals surface area contributed by atoms with Gasteiger partial charge in [0.05, 0.1) is 11.7 Å². The summed E-state index contributed by atoms with van der Waals surface area (Å²) in [6.45, 7) is 4.91. The minimum Gasteiger partial charge on any atom is -0.336 e. The van der Waals surface area contributed by atoms with E-state index in [1.165, 1.54) is 44.9 Å². The molecule has 3 fully saturated rings. The Balaban J connectivity index is 1.68. The van der Waals surface area contributed by atoms with Crippen molar-refractivity contribution in [3.63, 3.8) is 0 Å². The van der Waals surface area contributed by atoms with Crippen molar-refractivity contribution < 1.29 is 4.79 Å². The van der Waals surface area contributed by atoms with Gasteiger partial charge in [-0.05, 0) is 57.3 Å². The zero-order valence-electron chi connectivity index (χ0n) is 11.9. The molecule has 2 aliphatic heterocycles. The Morgan fingerprint density at radius 3 is 3.11 bits per heavy atom. The molecule has 3 aliphatic rings. The number of unbranched alkanes of at least 4 members (excludes halogenated alkanes) is 2. The average molecular weight is 262 g/mol. The number of fused-ring (bicyclic) bond motifs is 2. The van der Waals surface area contributed by atoms with Gasteiger partial charge >= 0.3 is 0 Å². The van der Waals surface area contributed by atoms with Crippen molar-refractivity contribution in [2.75, 3.05) is 6.54 Å². The maximum Gasteiger partial charge on any atom is 0.238 e. The molecule has 0 aromatic rings.